The van der Waals surface area contributed by atoms with E-state index in [0.717, 1.165) is 31.6 Å². The molecule has 0 spiro atoms. The predicted octanol–water partition coefficient (Wildman–Crippen LogP) is 2.18. The number of aliphatic imine (C=N–C) groups is 1. The molecule has 0 amide bonds. The Bertz CT molecular complexity index is 734. The molecule has 1 aliphatic heterocycles. The largest absolute Gasteiger partial charge is 0.394 e. The Balaban J connectivity index is 1.99. The van der Waals surface area contributed by atoms with Crippen molar-refractivity contribution in [3.63, 3.8) is 0 Å². The first-order chi connectivity index (χ1) is 12.6. The van der Waals surface area contributed by atoms with E-state index < -0.39 is 0 Å². The van der Waals surface area contributed by atoms with Gasteiger partial charge >= 0.3 is 0 Å². The summed E-state index contributed by atoms with van der Waals surface area (Å²) < 4.78 is 0. The van der Waals surface area contributed by atoms with Crippen LogP contribution >= 0.6 is 0 Å². The molecule has 136 valence electrons. The van der Waals surface area contributed by atoms with E-state index in [1.165, 1.54) is 11.8 Å². The second kappa shape index (κ2) is 9.54. The average molecular weight is 351 g/mol. The van der Waals surface area contributed by atoms with E-state index in [1.54, 1.807) is 6.08 Å². The van der Waals surface area contributed by atoms with Crippen molar-refractivity contribution in [2.75, 3.05) is 26.2 Å². The molecule has 6 nitrogen and oxygen atoms in total. The van der Waals surface area contributed by atoms with Crippen LogP contribution in [0, 0.1) is 16.7 Å². The molecule has 1 aliphatic rings. The fourth-order valence-corrected chi connectivity index (χ4v) is 3.09. The molecule has 2 rings (SSSR count). The molecule has 1 fully saturated rings. The molecular formula is C20H25N5O. The molecule has 0 aliphatic carbocycles. The highest BCUT2D eigenvalue weighted by atomic mass is 16.3. The molecule has 0 aromatic heterocycles. The lowest BCUT2D eigenvalue weighted by Crippen LogP contribution is -2.33. The Morgan fingerprint density at radius 1 is 1.38 bits per heavy atom. The highest BCUT2D eigenvalue weighted by molar-refractivity contribution is 5.98. The molecule has 26 heavy (non-hydrogen) atoms. The van der Waals surface area contributed by atoms with Crippen LogP contribution in [0.3, 0.4) is 0 Å². The van der Waals surface area contributed by atoms with Gasteiger partial charge in [0.1, 0.15) is 5.84 Å². The molecule has 1 saturated heterocycles. The summed E-state index contributed by atoms with van der Waals surface area (Å²) >= 11 is 0. The molecule has 4 N–H and O–H groups in total. The first-order valence-corrected chi connectivity index (χ1v) is 8.66. The number of nitrogens with two attached hydrogens (primary N) is 1. The van der Waals surface area contributed by atoms with Gasteiger partial charge in [0.25, 0.3) is 0 Å². The van der Waals surface area contributed by atoms with Gasteiger partial charge in [-0.25, -0.2) is 0 Å². The number of amidine groups is 1. The maximum absolute atomic E-state index is 8.90. The molecule has 6 heteroatoms. The molecule has 0 bridgehead atoms. The number of hydrogen-bond donors (Lipinski definition) is 3. The second-order valence-electron chi connectivity index (χ2n) is 6.22. The van der Waals surface area contributed by atoms with E-state index >= 15 is 0 Å². The first kappa shape index (κ1) is 19.4. The Labute approximate surface area is 154 Å². The van der Waals surface area contributed by atoms with Crippen molar-refractivity contribution in [1.29, 1.82) is 10.7 Å². The highest BCUT2D eigenvalue weighted by Crippen LogP contribution is 2.30. The molecule has 0 radical (unpaired) electrons. The Morgan fingerprint density at radius 3 is 2.58 bits per heavy atom. The van der Waals surface area contributed by atoms with Crippen LogP contribution in [0.4, 0.5) is 0 Å². The summed E-state index contributed by atoms with van der Waals surface area (Å²) in [5, 5.41) is 25.3. The minimum absolute atomic E-state index is 0.0573. The van der Waals surface area contributed by atoms with E-state index in [0.29, 0.717) is 17.1 Å². The van der Waals surface area contributed by atoms with Crippen LogP contribution in [0.15, 0.2) is 53.2 Å². The zero-order valence-electron chi connectivity index (χ0n) is 14.9. The lowest BCUT2D eigenvalue weighted by molar-refractivity contribution is 0.269. The SMILES string of the molecule is C=C(/C(C=N)=C/C(N)=NCCO)N1CCC(c2ccc(C#N)cc2)CC1. The van der Waals surface area contributed by atoms with Crippen LogP contribution in [0.1, 0.15) is 29.9 Å². The fourth-order valence-electron chi connectivity index (χ4n) is 3.09. The molecule has 1 aromatic rings. The summed E-state index contributed by atoms with van der Waals surface area (Å²) in [4.78, 5) is 6.17. The van der Waals surface area contributed by atoms with Crippen molar-refractivity contribution in [3.8, 4) is 6.07 Å². The Kier molecular flexibility index (Phi) is 7.12. The third-order valence-corrected chi connectivity index (χ3v) is 4.57. The zero-order chi connectivity index (χ0) is 18.9. The summed E-state index contributed by atoms with van der Waals surface area (Å²) in [6.45, 7) is 6.00. The standard InChI is InChI=1S/C20H25N5O/c1-15(19(14-22)12-20(23)24-8-11-26)25-9-6-18(7-10-25)17-4-2-16(13-21)3-5-17/h2-5,12,14,18,22,26H,1,6-11H2,(H2,23,24)/b19-12+,22-14?. The molecule has 0 unspecified atom stereocenters. The number of aliphatic hydroxyl groups is 1. The van der Waals surface area contributed by atoms with Crippen LogP contribution in [0.5, 0.6) is 0 Å². The maximum atomic E-state index is 8.90. The maximum Gasteiger partial charge on any atom is 0.118 e. The molecule has 0 saturated carbocycles. The van der Waals surface area contributed by atoms with Crippen molar-refractivity contribution < 1.29 is 5.11 Å². The lowest BCUT2D eigenvalue weighted by atomic mass is 9.88. The van der Waals surface area contributed by atoms with Gasteiger partial charge in [-0.15, -0.1) is 0 Å². The average Bonchev–Trinajstić information content (AvgIpc) is 2.70. The minimum atomic E-state index is -0.0573. The van der Waals surface area contributed by atoms with Gasteiger partial charge in [0.2, 0.25) is 0 Å². The van der Waals surface area contributed by atoms with E-state index in [2.05, 4.69) is 22.5 Å². The fraction of sp³-hybridized carbons (Fsp3) is 0.350. The number of piperidine rings is 1. The van der Waals surface area contributed by atoms with Gasteiger partial charge in [-0.3, -0.25) is 4.99 Å². The van der Waals surface area contributed by atoms with Crippen LogP contribution in [0.25, 0.3) is 0 Å². The van der Waals surface area contributed by atoms with Crippen LogP contribution in [-0.4, -0.2) is 48.3 Å². The molecular weight excluding hydrogens is 326 g/mol. The number of benzene rings is 1. The Hall–Kier alpha value is -2.91. The first-order valence-electron chi connectivity index (χ1n) is 8.66. The van der Waals surface area contributed by atoms with Crippen molar-refractivity contribution in [1.82, 2.24) is 4.90 Å². The summed E-state index contributed by atoms with van der Waals surface area (Å²) in [5.74, 6) is 0.751. The number of rotatable bonds is 7. The third-order valence-electron chi connectivity index (χ3n) is 4.57. The third kappa shape index (κ3) is 5.04. The zero-order valence-corrected chi connectivity index (χ0v) is 14.9. The van der Waals surface area contributed by atoms with Crippen LogP contribution in [-0.2, 0) is 0 Å². The highest BCUT2D eigenvalue weighted by Gasteiger charge is 2.22. The molecule has 0 atom stereocenters. The predicted molar refractivity (Wildman–Crippen MR) is 104 cm³/mol. The van der Waals surface area contributed by atoms with Gasteiger partial charge in [0.05, 0.1) is 24.8 Å². The monoisotopic (exact) mass is 351 g/mol. The van der Waals surface area contributed by atoms with Gasteiger partial charge in [-0.2, -0.15) is 5.26 Å². The van der Waals surface area contributed by atoms with E-state index in [1.807, 2.05) is 24.3 Å². The van der Waals surface area contributed by atoms with Gasteiger partial charge in [0.15, 0.2) is 0 Å². The topological polar surface area (TPSA) is 109 Å². The van der Waals surface area contributed by atoms with Gasteiger partial charge in [-0.1, -0.05) is 18.7 Å². The lowest BCUT2D eigenvalue weighted by Gasteiger charge is -2.35. The smallest absolute Gasteiger partial charge is 0.118 e. The van der Waals surface area contributed by atoms with Crippen molar-refractivity contribution in [3.05, 3.63) is 59.3 Å². The quantitative estimate of drug-likeness (QED) is 0.397. The normalized spacial score (nSPS) is 16.2. The number of nitrogens with one attached hydrogen (secondary N) is 1. The van der Waals surface area contributed by atoms with E-state index in [4.69, 9.17) is 21.5 Å². The number of aliphatic hydroxyl groups excluding tert-OH is 1. The number of allylic oxidation sites excluding steroid dienone is 1. The minimum Gasteiger partial charge on any atom is -0.394 e. The second-order valence-corrected chi connectivity index (χ2v) is 6.22. The summed E-state index contributed by atoms with van der Waals surface area (Å²) in [6.07, 6.45) is 4.84. The van der Waals surface area contributed by atoms with Crippen molar-refractivity contribution >= 4 is 12.1 Å². The van der Waals surface area contributed by atoms with Crippen molar-refractivity contribution in [2.45, 2.75) is 18.8 Å². The summed E-state index contributed by atoms with van der Waals surface area (Å²) in [5.41, 5.74) is 9.13. The van der Waals surface area contributed by atoms with E-state index in [-0.39, 0.29) is 19.0 Å². The van der Waals surface area contributed by atoms with Crippen molar-refractivity contribution in [2.24, 2.45) is 10.7 Å². The van der Waals surface area contributed by atoms with Crippen LogP contribution in [0.2, 0.25) is 0 Å². The van der Waals surface area contributed by atoms with E-state index in [9.17, 15) is 0 Å². The van der Waals surface area contributed by atoms with Crippen LogP contribution < -0.4 is 5.73 Å². The summed E-state index contributed by atoms with van der Waals surface area (Å²) in [6, 6.07) is 9.95. The van der Waals surface area contributed by atoms with Gasteiger partial charge in [0, 0.05) is 30.6 Å². The number of likely N-dealkylation sites (tertiary alicyclic amines) is 1. The summed E-state index contributed by atoms with van der Waals surface area (Å²) in [7, 11) is 0. The number of nitriles is 1. The molecule has 1 aromatic carbocycles. The van der Waals surface area contributed by atoms with Gasteiger partial charge in [-0.05, 0) is 42.5 Å². The molecule has 1 heterocycles. The number of nitrogens with zero attached hydrogens (tertiary/aromatic N) is 3. The Morgan fingerprint density at radius 2 is 2.04 bits per heavy atom. The number of hydrogen-bond acceptors (Lipinski definition) is 5. The van der Waals surface area contributed by atoms with Gasteiger partial charge < -0.3 is 21.1 Å².